The molecule has 2 fully saturated rings. The van der Waals surface area contributed by atoms with Crippen molar-refractivity contribution in [1.82, 2.24) is 5.32 Å². The summed E-state index contributed by atoms with van der Waals surface area (Å²) in [5, 5.41) is 3.85. The van der Waals surface area contributed by atoms with Crippen LogP contribution in [0, 0.1) is 23.7 Å². The minimum Gasteiger partial charge on any atom is -0.314 e. The molecule has 0 spiro atoms. The molecule has 2 saturated carbocycles. The molecular formula is C18H35N. The molecule has 4 unspecified atom stereocenters. The second-order valence-corrected chi connectivity index (χ2v) is 7.24. The lowest BCUT2D eigenvalue weighted by atomic mass is 9.81. The first-order chi connectivity index (χ1) is 9.26. The topological polar surface area (TPSA) is 12.0 Å². The fraction of sp³-hybridized carbons (Fsp3) is 1.00. The summed E-state index contributed by atoms with van der Waals surface area (Å²) in [6.45, 7) is 8.23. The molecule has 0 heterocycles. The summed E-state index contributed by atoms with van der Waals surface area (Å²) in [6, 6.07) is 0.800. The zero-order valence-electron chi connectivity index (χ0n) is 13.5. The predicted molar refractivity (Wildman–Crippen MR) is 84.3 cm³/mol. The molecule has 2 aliphatic rings. The van der Waals surface area contributed by atoms with Crippen LogP contribution in [0.25, 0.3) is 0 Å². The summed E-state index contributed by atoms with van der Waals surface area (Å²) in [7, 11) is 0. The molecule has 0 radical (unpaired) electrons. The van der Waals surface area contributed by atoms with Crippen molar-refractivity contribution >= 4 is 0 Å². The molecular weight excluding hydrogens is 230 g/mol. The molecule has 2 aliphatic carbocycles. The molecule has 112 valence electrons. The van der Waals surface area contributed by atoms with Gasteiger partial charge in [-0.15, -0.1) is 0 Å². The minimum absolute atomic E-state index is 0.800. The van der Waals surface area contributed by atoms with Gasteiger partial charge in [0.05, 0.1) is 0 Å². The number of rotatable bonds is 9. The number of fused-ring (bicyclic) bond motifs is 2. The molecule has 0 aromatic rings. The van der Waals surface area contributed by atoms with E-state index in [1.165, 1.54) is 38.6 Å². The van der Waals surface area contributed by atoms with E-state index in [-0.39, 0.29) is 0 Å². The van der Waals surface area contributed by atoms with Gasteiger partial charge in [0.25, 0.3) is 0 Å². The van der Waals surface area contributed by atoms with E-state index in [9.17, 15) is 0 Å². The fourth-order valence-corrected chi connectivity index (χ4v) is 4.67. The van der Waals surface area contributed by atoms with E-state index in [0.717, 1.165) is 29.7 Å². The molecule has 0 saturated heterocycles. The molecule has 1 N–H and O–H groups in total. The molecule has 2 rings (SSSR count). The summed E-state index contributed by atoms with van der Waals surface area (Å²) >= 11 is 0. The lowest BCUT2D eigenvalue weighted by Crippen LogP contribution is -2.34. The van der Waals surface area contributed by atoms with Gasteiger partial charge in [0.2, 0.25) is 0 Å². The third-order valence-corrected chi connectivity index (χ3v) is 5.93. The van der Waals surface area contributed by atoms with Crippen LogP contribution >= 0.6 is 0 Å². The number of hydrogen-bond acceptors (Lipinski definition) is 1. The average Bonchev–Trinajstić information content (AvgIpc) is 3.04. The van der Waals surface area contributed by atoms with E-state index in [4.69, 9.17) is 0 Å². The Labute approximate surface area is 120 Å². The molecule has 19 heavy (non-hydrogen) atoms. The van der Waals surface area contributed by atoms with Crippen LogP contribution in [-0.4, -0.2) is 12.6 Å². The van der Waals surface area contributed by atoms with Crippen molar-refractivity contribution in [2.75, 3.05) is 6.54 Å². The second kappa shape index (κ2) is 7.67. The summed E-state index contributed by atoms with van der Waals surface area (Å²) < 4.78 is 0. The number of hydrogen-bond donors (Lipinski definition) is 1. The Morgan fingerprint density at radius 2 is 1.84 bits per heavy atom. The van der Waals surface area contributed by atoms with Crippen molar-refractivity contribution in [3.05, 3.63) is 0 Å². The van der Waals surface area contributed by atoms with Crippen LogP contribution in [0.2, 0.25) is 0 Å². The fourth-order valence-electron chi connectivity index (χ4n) is 4.67. The van der Waals surface area contributed by atoms with E-state index in [1.54, 1.807) is 25.7 Å². The Kier molecular flexibility index (Phi) is 6.19. The highest BCUT2D eigenvalue weighted by Gasteiger charge is 2.40. The maximum absolute atomic E-state index is 3.85. The first kappa shape index (κ1) is 15.4. The van der Waals surface area contributed by atoms with Gasteiger partial charge in [-0.2, -0.15) is 0 Å². The Morgan fingerprint density at radius 1 is 1.05 bits per heavy atom. The lowest BCUT2D eigenvalue weighted by Gasteiger charge is -2.29. The van der Waals surface area contributed by atoms with Crippen molar-refractivity contribution in [2.45, 2.75) is 84.6 Å². The molecule has 1 heteroatoms. The van der Waals surface area contributed by atoms with Crippen LogP contribution in [0.1, 0.15) is 78.6 Å². The minimum atomic E-state index is 0.800. The largest absolute Gasteiger partial charge is 0.314 e. The average molecular weight is 265 g/mol. The Bertz CT molecular complexity index is 246. The smallest absolute Gasteiger partial charge is 0.00724 e. The maximum Gasteiger partial charge on any atom is 0.00724 e. The van der Waals surface area contributed by atoms with Crippen LogP contribution in [0.15, 0.2) is 0 Å². The quantitative estimate of drug-likeness (QED) is 0.618. The van der Waals surface area contributed by atoms with Gasteiger partial charge in [0.1, 0.15) is 0 Å². The van der Waals surface area contributed by atoms with Crippen LogP contribution < -0.4 is 5.32 Å². The molecule has 0 aliphatic heterocycles. The second-order valence-electron chi connectivity index (χ2n) is 7.24. The van der Waals surface area contributed by atoms with E-state index >= 15 is 0 Å². The van der Waals surface area contributed by atoms with Gasteiger partial charge in [-0.05, 0) is 68.7 Å². The Balaban J connectivity index is 1.82. The van der Waals surface area contributed by atoms with Crippen molar-refractivity contribution in [3.63, 3.8) is 0 Å². The highest BCUT2D eigenvalue weighted by Crippen LogP contribution is 2.50. The van der Waals surface area contributed by atoms with E-state index < -0.39 is 0 Å². The predicted octanol–water partition coefficient (Wildman–Crippen LogP) is 5.01. The van der Waals surface area contributed by atoms with Gasteiger partial charge < -0.3 is 5.32 Å². The third kappa shape index (κ3) is 4.21. The van der Waals surface area contributed by atoms with Gasteiger partial charge in [0, 0.05) is 6.04 Å². The highest BCUT2D eigenvalue weighted by molar-refractivity contribution is 4.92. The zero-order chi connectivity index (χ0) is 13.7. The van der Waals surface area contributed by atoms with Crippen LogP contribution in [-0.2, 0) is 0 Å². The standard InChI is InChI=1S/C18H35N/c1-4-9-19-18(12-14(5-2)6-3)13-17-11-15-7-8-16(17)10-15/h14-19H,4-13H2,1-3H3. The third-order valence-electron chi connectivity index (χ3n) is 5.93. The normalized spacial score (nSPS) is 31.3. The SMILES string of the molecule is CCCNC(CC(CC)CC)CC1CC2CCC1C2. The van der Waals surface area contributed by atoms with Crippen LogP contribution in [0.3, 0.4) is 0 Å². The number of nitrogens with one attached hydrogen (secondary N) is 1. The Morgan fingerprint density at radius 3 is 2.37 bits per heavy atom. The van der Waals surface area contributed by atoms with Gasteiger partial charge in [-0.1, -0.05) is 40.0 Å². The zero-order valence-corrected chi connectivity index (χ0v) is 13.5. The summed E-state index contributed by atoms with van der Waals surface area (Å²) in [4.78, 5) is 0. The van der Waals surface area contributed by atoms with Crippen LogP contribution in [0.4, 0.5) is 0 Å². The van der Waals surface area contributed by atoms with Crippen LogP contribution in [0.5, 0.6) is 0 Å². The van der Waals surface area contributed by atoms with Gasteiger partial charge in [-0.3, -0.25) is 0 Å². The molecule has 0 aromatic heterocycles. The first-order valence-electron chi connectivity index (χ1n) is 9.00. The summed E-state index contributed by atoms with van der Waals surface area (Å²) in [5.41, 5.74) is 0. The molecule has 0 aromatic carbocycles. The van der Waals surface area contributed by atoms with Gasteiger partial charge >= 0.3 is 0 Å². The highest BCUT2D eigenvalue weighted by atomic mass is 14.9. The maximum atomic E-state index is 3.85. The summed E-state index contributed by atoms with van der Waals surface area (Å²) in [6.07, 6.45) is 13.1. The van der Waals surface area contributed by atoms with Crippen molar-refractivity contribution in [3.8, 4) is 0 Å². The van der Waals surface area contributed by atoms with Gasteiger partial charge in [-0.25, -0.2) is 0 Å². The van der Waals surface area contributed by atoms with Crippen molar-refractivity contribution in [1.29, 1.82) is 0 Å². The molecule has 0 amide bonds. The van der Waals surface area contributed by atoms with E-state index in [2.05, 4.69) is 26.1 Å². The lowest BCUT2D eigenvalue weighted by molar-refractivity contribution is 0.251. The summed E-state index contributed by atoms with van der Waals surface area (Å²) in [5.74, 6) is 4.20. The van der Waals surface area contributed by atoms with E-state index in [0.29, 0.717) is 0 Å². The van der Waals surface area contributed by atoms with E-state index in [1.807, 2.05) is 0 Å². The van der Waals surface area contributed by atoms with Gasteiger partial charge in [0.15, 0.2) is 0 Å². The monoisotopic (exact) mass is 265 g/mol. The molecule has 4 atom stereocenters. The first-order valence-corrected chi connectivity index (χ1v) is 9.00. The van der Waals surface area contributed by atoms with Crippen molar-refractivity contribution in [2.24, 2.45) is 23.7 Å². The van der Waals surface area contributed by atoms with Crippen molar-refractivity contribution < 1.29 is 0 Å². The Hall–Kier alpha value is -0.0400. The molecule has 2 bridgehead atoms. The molecule has 1 nitrogen and oxygen atoms in total.